The van der Waals surface area contributed by atoms with Gasteiger partial charge in [0.2, 0.25) is 0 Å². The second kappa shape index (κ2) is 9.62. The summed E-state index contributed by atoms with van der Waals surface area (Å²) >= 11 is 0. The van der Waals surface area contributed by atoms with Crippen LogP contribution in [0.25, 0.3) is 17.2 Å². The summed E-state index contributed by atoms with van der Waals surface area (Å²) in [6.07, 6.45) is 0. The maximum absolute atomic E-state index is 13.4. The zero-order chi connectivity index (χ0) is 26.1. The molecule has 0 spiro atoms. The molecule has 1 unspecified atom stereocenters. The molecule has 1 aromatic heterocycles. The lowest BCUT2D eigenvalue weighted by molar-refractivity contribution is -0.132. The van der Waals surface area contributed by atoms with Crippen LogP contribution in [0.2, 0.25) is 0 Å². The maximum Gasteiger partial charge on any atom is 0.300 e. The summed E-state index contributed by atoms with van der Waals surface area (Å²) in [7, 11) is 3.04. The van der Waals surface area contributed by atoms with Crippen molar-refractivity contribution in [3.8, 4) is 23.0 Å². The summed E-state index contributed by atoms with van der Waals surface area (Å²) in [6, 6.07) is 19.6. The second-order valence-electron chi connectivity index (χ2n) is 8.33. The molecule has 0 bridgehead atoms. The van der Waals surface area contributed by atoms with E-state index in [-0.39, 0.29) is 11.3 Å². The van der Waals surface area contributed by atoms with Crippen LogP contribution >= 0.6 is 0 Å². The maximum atomic E-state index is 13.4. The fourth-order valence-corrected chi connectivity index (χ4v) is 4.37. The Labute approximate surface area is 212 Å². The van der Waals surface area contributed by atoms with E-state index in [2.05, 4.69) is 10.1 Å². The van der Waals surface area contributed by atoms with Gasteiger partial charge < -0.3 is 19.1 Å². The van der Waals surface area contributed by atoms with Gasteiger partial charge in [-0.3, -0.25) is 14.5 Å². The number of para-hydroxylation sites is 1. The van der Waals surface area contributed by atoms with E-state index in [4.69, 9.17) is 14.0 Å². The van der Waals surface area contributed by atoms with Crippen LogP contribution in [0.1, 0.15) is 23.0 Å². The van der Waals surface area contributed by atoms with Gasteiger partial charge in [0.1, 0.15) is 17.3 Å². The van der Waals surface area contributed by atoms with Crippen molar-refractivity contribution in [3.05, 3.63) is 95.3 Å². The number of amides is 1. The highest BCUT2D eigenvalue weighted by Gasteiger charge is 2.47. The monoisotopic (exact) mass is 497 g/mol. The van der Waals surface area contributed by atoms with Crippen LogP contribution in [0.5, 0.6) is 11.5 Å². The van der Waals surface area contributed by atoms with Crippen molar-refractivity contribution in [2.45, 2.75) is 13.0 Å². The Morgan fingerprint density at radius 2 is 1.65 bits per heavy atom. The molecule has 5 rings (SSSR count). The molecule has 1 aliphatic heterocycles. The predicted molar refractivity (Wildman–Crippen MR) is 135 cm³/mol. The zero-order valence-corrected chi connectivity index (χ0v) is 20.3. The van der Waals surface area contributed by atoms with Crippen molar-refractivity contribution in [3.63, 3.8) is 0 Å². The molecule has 1 N–H and O–H groups in total. The van der Waals surface area contributed by atoms with Crippen LogP contribution in [0.3, 0.4) is 0 Å². The number of benzene rings is 3. The first-order valence-electron chi connectivity index (χ1n) is 11.4. The van der Waals surface area contributed by atoms with Gasteiger partial charge >= 0.3 is 0 Å². The van der Waals surface area contributed by atoms with Gasteiger partial charge in [0.25, 0.3) is 17.6 Å². The average Bonchev–Trinajstić information content (AvgIpc) is 3.49. The Morgan fingerprint density at radius 3 is 2.27 bits per heavy atom. The number of ketones is 1. The summed E-state index contributed by atoms with van der Waals surface area (Å²) in [5.74, 6) is 0.0321. The lowest BCUT2D eigenvalue weighted by atomic mass is 9.94. The zero-order valence-electron chi connectivity index (χ0n) is 20.3. The number of hydrogen-bond acceptors (Lipinski definition) is 8. The summed E-state index contributed by atoms with van der Waals surface area (Å²) in [6.45, 7) is 1.72. The Morgan fingerprint density at radius 1 is 0.946 bits per heavy atom. The van der Waals surface area contributed by atoms with E-state index in [1.165, 1.54) is 19.1 Å². The minimum absolute atomic E-state index is 0.0451. The van der Waals surface area contributed by atoms with E-state index in [0.29, 0.717) is 45.6 Å². The van der Waals surface area contributed by atoms with Gasteiger partial charge in [-0.1, -0.05) is 23.4 Å². The fraction of sp³-hybridized carbons (Fsp3) is 0.143. The molecular weight excluding hydrogens is 474 g/mol. The second-order valence-corrected chi connectivity index (χ2v) is 8.33. The Kier molecular flexibility index (Phi) is 6.19. The Bertz CT molecular complexity index is 1510. The minimum atomic E-state index is -0.935. The third-order valence-electron chi connectivity index (χ3n) is 6.16. The number of methoxy groups -OCH3 is 2. The summed E-state index contributed by atoms with van der Waals surface area (Å²) in [4.78, 5) is 32.4. The molecule has 37 heavy (non-hydrogen) atoms. The van der Waals surface area contributed by atoms with Gasteiger partial charge in [0, 0.05) is 22.4 Å². The molecule has 186 valence electrons. The van der Waals surface area contributed by atoms with E-state index in [0.717, 1.165) is 0 Å². The number of aliphatic hydroxyl groups excluding tert-OH is 1. The summed E-state index contributed by atoms with van der Waals surface area (Å²) < 4.78 is 16.0. The van der Waals surface area contributed by atoms with Crippen molar-refractivity contribution < 1.29 is 28.7 Å². The van der Waals surface area contributed by atoms with Crippen molar-refractivity contribution in [1.82, 2.24) is 10.1 Å². The van der Waals surface area contributed by atoms with E-state index >= 15 is 0 Å². The molecule has 1 saturated heterocycles. The average molecular weight is 498 g/mol. The Hall–Kier alpha value is -4.92. The van der Waals surface area contributed by atoms with Gasteiger partial charge in [0.15, 0.2) is 5.82 Å². The first-order chi connectivity index (χ1) is 17.9. The molecule has 1 aliphatic rings. The highest BCUT2D eigenvalue weighted by atomic mass is 16.5. The van der Waals surface area contributed by atoms with Crippen molar-refractivity contribution in [2.75, 3.05) is 19.1 Å². The van der Waals surface area contributed by atoms with Gasteiger partial charge in [-0.05, 0) is 61.5 Å². The van der Waals surface area contributed by atoms with Crippen molar-refractivity contribution >= 4 is 23.1 Å². The lowest BCUT2D eigenvalue weighted by Crippen LogP contribution is -2.29. The van der Waals surface area contributed by atoms with E-state index in [9.17, 15) is 14.7 Å². The van der Waals surface area contributed by atoms with Crippen LogP contribution in [0, 0.1) is 6.92 Å². The normalized spacial score (nSPS) is 16.7. The van der Waals surface area contributed by atoms with Gasteiger partial charge in [0.05, 0.1) is 25.8 Å². The predicted octanol–water partition coefficient (Wildman–Crippen LogP) is 4.69. The smallest absolute Gasteiger partial charge is 0.300 e. The fourth-order valence-electron chi connectivity index (χ4n) is 4.37. The molecule has 9 nitrogen and oxygen atoms in total. The number of aryl methyl sites for hydroxylation is 1. The molecule has 2 heterocycles. The molecule has 0 radical (unpaired) electrons. The highest BCUT2D eigenvalue weighted by Crippen LogP contribution is 2.45. The number of carbonyl (C=O) groups excluding carboxylic acids is 2. The molecule has 3 aromatic carbocycles. The molecule has 1 amide bonds. The van der Waals surface area contributed by atoms with Crippen LogP contribution in [0.15, 0.2) is 82.9 Å². The SMILES string of the molecule is COc1ccc(/C(O)=C2/C(=O)C(=O)N(c3ccc(-c4nc(C)no4)cc3)C2c2ccccc2OC)cc1. The molecule has 1 fully saturated rings. The van der Waals surface area contributed by atoms with Crippen LogP contribution in [-0.2, 0) is 9.59 Å². The number of aromatic nitrogens is 2. The van der Waals surface area contributed by atoms with Crippen LogP contribution in [0.4, 0.5) is 5.69 Å². The molecule has 9 heteroatoms. The number of hydrogen-bond donors (Lipinski definition) is 1. The number of aliphatic hydroxyl groups is 1. The lowest BCUT2D eigenvalue weighted by Gasteiger charge is -2.26. The molecule has 4 aromatic rings. The van der Waals surface area contributed by atoms with Crippen molar-refractivity contribution in [2.24, 2.45) is 0 Å². The number of anilines is 1. The van der Waals surface area contributed by atoms with Gasteiger partial charge in [-0.15, -0.1) is 0 Å². The molecule has 0 saturated carbocycles. The Balaban J connectivity index is 1.66. The third-order valence-corrected chi connectivity index (χ3v) is 6.16. The van der Waals surface area contributed by atoms with E-state index in [1.54, 1.807) is 79.7 Å². The minimum Gasteiger partial charge on any atom is -0.507 e. The third kappa shape index (κ3) is 4.20. The molecular formula is C28H23N3O6. The number of rotatable bonds is 6. The molecule has 0 aliphatic carbocycles. The number of ether oxygens (including phenoxy) is 2. The van der Waals surface area contributed by atoms with Crippen molar-refractivity contribution in [1.29, 1.82) is 0 Å². The summed E-state index contributed by atoms with van der Waals surface area (Å²) in [5, 5.41) is 15.1. The first-order valence-corrected chi connectivity index (χ1v) is 11.4. The van der Waals surface area contributed by atoms with Gasteiger partial charge in [-0.25, -0.2) is 0 Å². The summed E-state index contributed by atoms with van der Waals surface area (Å²) in [5.41, 5.74) is 1.99. The van der Waals surface area contributed by atoms with E-state index < -0.39 is 17.7 Å². The van der Waals surface area contributed by atoms with Crippen LogP contribution < -0.4 is 14.4 Å². The van der Waals surface area contributed by atoms with E-state index in [1.807, 2.05) is 0 Å². The first kappa shape index (κ1) is 23.8. The molecule has 1 atom stereocenters. The highest BCUT2D eigenvalue weighted by molar-refractivity contribution is 6.51. The number of Topliss-reactive ketones (excluding diaryl/α,β-unsaturated/α-hetero) is 1. The quantitative estimate of drug-likeness (QED) is 0.232. The topological polar surface area (TPSA) is 115 Å². The largest absolute Gasteiger partial charge is 0.507 e. The number of nitrogens with zero attached hydrogens (tertiary/aromatic N) is 3. The number of carbonyl (C=O) groups is 2. The van der Waals surface area contributed by atoms with Crippen LogP contribution in [-0.4, -0.2) is 41.2 Å². The van der Waals surface area contributed by atoms with Gasteiger partial charge in [-0.2, -0.15) is 4.98 Å². The standard InChI is InChI=1S/C28H23N3O6/c1-16-29-27(37-30-16)18-8-12-19(13-9-18)31-24(21-6-4-5-7-22(21)36-3)23(26(33)28(31)34)25(32)17-10-14-20(35-2)15-11-17/h4-15,24,32H,1-3H3/b25-23-.